The van der Waals surface area contributed by atoms with Gasteiger partial charge in [-0.1, -0.05) is 89.9 Å². The summed E-state index contributed by atoms with van der Waals surface area (Å²) < 4.78 is 266. The zero-order chi connectivity index (χ0) is 47.3. The normalized spacial score (nSPS) is 15.7. The topological polar surface area (TPSA) is 100 Å². The molecule has 0 fully saturated rings. The van der Waals surface area contributed by atoms with Crippen molar-refractivity contribution in [3.8, 4) is 0 Å². The first-order chi connectivity index (χ1) is 27.8. The van der Waals surface area contributed by atoms with Gasteiger partial charge in [0.25, 0.3) is 0 Å². The molecule has 0 saturated heterocycles. The minimum atomic E-state index is -6.90. The smallest absolute Gasteiger partial charge is 0.379 e. The molecule has 0 spiro atoms. The fraction of sp³-hybridized carbons (Fsp3) is 1.00. The first kappa shape index (κ1) is 59.7. The molecule has 0 aliphatic carbocycles. The van der Waals surface area contributed by atoms with Crippen molar-refractivity contribution < 1.29 is 107 Å². The average molecular weight is 960 g/mol. The molecule has 3 N–H and O–H groups in total. The lowest BCUT2D eigenvalue weighted by Crippen LogP contribution is -2.60. The Hall–Kier alpha value is -1.27. The van der Waals surface area contributed by atoms with E-state index in [1.54, 1.807) is 0 Å². The molecule has 368 valence electrons. The maximum atomic E-state index is 13.6. The van der Waals surface area contributed by atoms with Gasteiger partial charge in [-0.25, -0.2) is 4.57 Å². The number of hydrogen-bond donors (Lipinski definition) is 2. The third kappa shape index (κ3) is 20.2. The van der Waals surface area contributed by atoms with Gasteiger partial charge in [-0.2, -0.15) is 79.0 Å². The fourth-order valence-electron chi connectivity index (χ4n) is 5.60. The molecular weight excluding hydrogens is 903 g/mol. The van der Waals surface area contributed by atoms with Crippen LogP contribution in [0, 0.1) is 0 Å². The van der Waals surface area contributed by atoms with Crippen LogP contribution in [0.5, 0.6) is 0 Å². The number of unbranched alkanes of at least 4 members (excludes halogenated alkanes) is 16. The lowest BCUT2D eigenvalue weighted by atomic mass is 9.97. The molecule has 0 aromatic carbocycles. The summed E-state index contributed by atoms with van der Waals surface area (Å²) in [6, 6.07) is 0. The molecule has 7 nitrogen and oxygen atoms in total. The Kier molecular flexibility index (Phi) is 26.1. The maximum Gasteiger partial charge on any atom is 0.472 e. The van der Waals surface area contributed by atoms with Gasteiger partial charge >= 0.3 is 55.7 Å². The third-order valence-electron chi connectivity index (χ3n) is 9.29. The Bertz CT molecular complexity index is 1230. The van der Waals surface area contributed by atoms with E-state index in [0.717, 1.165) is 0 Å². The highest BCUT2D eigenvalue weighted by atomic mass is 31.2. The van der Waals surface area contributed by atoms with Crippen molar-refractivity contribution in [1.29, 1.82) is 0 Å². The number of nitrogens with two attached hydrogens (primary N) is 1. The Morgan fingerprint density at radius 1 is 0.426 bits per heavy atom. The Morgan fingerprint density at radius 3 is 1.10 bits per heavy atom. The molecule has 1 unspecified atom stereocenters. The zero-order valence-corrected chi connectivity index (χ0v) is 34.2. The second kappa shape index (κ2) is 26.6. The van der Waals surface area contributed by atoms with Crippen LogP contribution in [0.2, 0.25) is 0 Å². The van der Waals surface area contributed by atoms with Crippen molar-refractivity contribution in [2.75, 3.05) is 39.6 Å². The largest absolute Gasteiger partial charge is 0.472 e. The van der Waals surface area contributed by atoms with E-state index in [9.17, 15) is 88.5 Å². The van der Waals surface area contributed by atoms with Crippen LogP contribution >= 0.6 is 7.82 Å². The molecule has 61 heavy (non-hydrogen) atoms. The van der Waals surface area contributed by atoms with E-state index in [-0.39, 0.29) is 65.3 Å². The number of alkyl halides is 18. The van der Waals surface area contributed by atoms with Crippen LogP contribution in [-0.2, 0) is 23.1 Å². The molecule has 0 aliphatic rings. The number of rotatable bonds is 37. The summed E-state index contributed by atoms with van der Waals surface area (Å²) in [7, 11) is -4.44. The van der Waals surface area contributed by atoms with E-state index < -0.39 is 87.5 Å². The van der Waals surface area contributed by atoms with Crippen molar-refractivity contribution in [3.05, 3.63) is 0 Å². The van der Waals surface area contributed by atoms with E-state index in [4.69, 9.17) is 19.7 Å². The highest BCUT2D eigenvalue weighted by Crippen LogP contribution is 2.55. The van der Waals surface area contributed by atoms with Gasteiger partial charge in [0, 0.05) is 32.6 Å². The lowest BCUT2D eigenvalue weighted by molar-refractivity contribution is -0.396. The Morgan fingerprint density at radius 2 is 0.754 bits per heavy atom. The van der Waals surface area contributed by atoms with Gasteiger partial charge in [0.05, 0.1) is 19.8 Å². The first-order valence-corrected chi connectivity index (χ1v) is 21.3. The first-order valence-electron chi connectivity index (χ1n) is 19.8. The number of halogens is 18. The molecule has 26 heteroatoms. The van der Waals surface area contributed by atoms with Gasteiger partial charge in [-0.3, -0.25) is 9.05 Å². The van der Waals surface area contributed by atoms with Gasteiger partial charge in [-0.15, -0.1) is 0 Å². The van der Waals surface area contributed by atoms with E-state index in [1.807, 2.05) is 0 Å². The summed E-state index contributed by atoms with van der Waals surface area (Å²) in [6.07, 6.45) is -11.8. The van der Waals surface area contributed by atoms with Gasteiger partial charge < -0.3 is 20.1 Å². The average Bonchev–Trinajstić information content (AvgIpc) is 3.13. The van der Waals surface area contributed by atoms with Crippen molar-refractivity contribution >= 4 is 7.82 Å². The van der Waals surface area contributed by atoms with Crippen molar-refractivity contribution in [2.24, 2.45) is 5.73 Å². The van der Waals surface area contributed by atoms with E-state index in [1.165, 1.54) is 0 Å². The van der Waals surface area contributed by atoms with Gasteiger partial charge in [0.1, 0.15) is 6.10 Å². The van der Waals surface area contributed by atoms with Crippen molar-refractivity contribution in [1.82, 2.24) is 0 Å². The molecule has 0 rings (SSSR count). The molecule has 0 amide bonds. The highest BCUT2D eigenvalue weighted by Gasteiger charge is 2.82. The van der Waals surface area contributed by atoms with E-state index in [0.29, 0.717) is 77.0 Å². The molecule has 0 bridgehead atoms. The third-order valence-corrected chi connectivity index (χ3v) is 10.3. The number of ether oxygens (including phenoxy) is 2. The Labute approximate surface area is 342 Å². The van der Waals surface area contributed by atoms with E-state index >= 15 is 0 Å². The predicted molar refractivity (Wildman–Crippen MR) is 185 cm³/mol. The van der Waals surface area contributed by atoms with E-state index in [2.05, 4.69) is 4.52 Å². The van der Waals surface area contributed by atoms with Gasteiger partial charge in [-0.05, 0) is 25.7 Å². The van der Waals surface area contributed by atoms with Crippen LogP contribution in [0.3, 0.4) is 0 Å². The van der Waals surface area contributed by atoms with Crippen LogP contribution in [0.1, 0.15) is 128 Å². The summed E-state index contributed by atoms with van der Waals surface area (Å²) in [6.45, 7) is -0.280. The maximum absolute atomic E-state index is 13.6. The molecule has 0 aromatic heterocycles. The SMILES string of the molecule is NCCOP(=O)(O)OC[C@@H](COCCCCCCCCCCCC(F)(F)C(F)(F)C(F)(F)C(F)(F)F)OCCCCCCCCCCCC(F)(F)C(F)(F)C(F)(F)C(F)(F)F. The van der Waals surface area contributed by atoms with Gasteiger partial charge in [0.2, 0.25) is 0 Å². The van der Waals surface area contributed by atoms with Gasteiger partial charge in [0.15, 0.2) is 0 Å². The highest BCUT2D eigenvalue weighted by molar-refractivity contribution is 7.47. The van der Waals surface area contributed by atoms with Crippen LogP contribution in [0.15, 0.2) is 0 Å². The van der Waals surface area contributed by atoms with Crippen LogP contribution in [0.4, 0.5) is 79.0 Å². The fourth-order valence-corrected chi connectivity index (χ4v) is 6.36. The summed E-state index contributed by atoms with van der Waals surface area (Å²) in [4.78, 5) is 9.78. The number of phosphoric ester groups is 1. The zero-order valence-electron chi connectivity index (χ0n) is 33.3. The molecule has 0 heterocycles. The minimum Gasteiger partial charge on any atom is -0.379 e. The minimum absolute atomic E-state index is 0.0377. The standard InChI is InChI=1S/C35H56F18NO6P/c36-28(37,30(40,41)32(44,45)34(48,49)50)19-15-11-7-3-1-5-9-13-17-22-57-25-27(26-60-61(55,56)59-24-21-54)58-23-18-14-10-6-2-4-8-12-16-20-29(38,39)31(42,43)33(46,47)35(51,52)53/h27H,1-26,54H2,(H,55,56)/t27-/m1/s1. The summed E-state index contributed by atoms with van der Waals surface area (Å²) in [5.74, 6) is -38.1. The summed E-state index contributed by atoms with van der Waals surface area (Å²) >= 11 is 0. The van der Waals surface area contributed by atoms with Crippen LogP contribution < -0.4 is 5.73 Å². The molecule has 0 aliphatic heterocycles. The second-order valence-corrected chi connectivity index (χ2v) is 16.0. The second-order valence-electron chi connectivity index (χ2n) is 14.5. The Balaban J connectivity index is 4.35. The molecule has 0 saturated carbocycles. The van der Waals surface area contributed by atoms with Crippen molar-refractivity contribution in [3.63, 3.8) is 0 Å². The van der Waals surface area contributed by atoms with Crippen LogP contribution in [-0.4, -0.2) is 98.5 Å². The number of hydrogen-bond acceptors (Lipinski definition) is 6. The molecule has 0 aromatic rings. The number of phosphoric acid groups is 1. The molecule has 2 atom stereocenters. The van der Waals surface area contributed by atoms with Crippen molar-refractivity contribution in [2.45, 2.75) is 182 Å². The summed E-state index contributed by atoms with van der Waals surface area (Å²) in [5, 5.41) is 0. The molecule has 0 radical (unpaired) electrons. The monoisotopic (exact) mass is 959 g/mol. The summed E-state index contributed by atoms with van der Waals surface area (Å²) in [5.41, 5.74) is 5.25. The quantitative estimate of drug-likeness (QED) is 0.0363. The predicted octanol–water partition coefficient (Wildman–Crippen LogP) is 13.2. The van der Waals surface area contributed by atoms with Crippen LogP contribution in [0.25, 0.3) is 0 Å². The lowest BCUT2D eigenvalue weighted by Gasteiger charge is -2.33. The molecular formula is C35H56F18NO6P.